The van der Waals surface area contributed by atoms with Gasteiger partial charge in [-0.05, 0) is 34.8 Å². The molecule has 8 rings (SSSR count). The zero-order valence-corrected chi connectivity index (χ0v) is 17.3. The van der Waals surface area contributed by atoms with Gasteiger partial charge in [0.15, 0.2) is 5.76 Å². The lowest BCUT2D eigenvalue weighted by molar-refractivity contribution is 0.595. The molecule has 1 aromatic heterocycles. The second-order valence-electron chi connectivity index (χ2n) is 8.46. The topological polar surface area (TPSA) is 33.5 Å². The van der Waals surface area contributed by atoms with E-state index in [9.17, 15) is 0 Å². The summed E-state index contributed by atoms with van der Waals surface area (Å²) in [6, 6.07) is 31.0. The Morgan fingerprint density at radius 3 is 2.42 bits per heavy atom. The Hall–Kier alpha value is -3.49. The van der Waals surface area contributed by atoms with Crippen LogP contribution in [0.15, 0.2) is 95.4 Å². The molecule has 4 heterocycles. The molecule has 31 heavy (non-hydrogen) atoms. The van der Waals surface area contributed by atoms with Crippen molar-refractivity contribution < 1.29 is 8.98 Å². The number of para-hydroxylation sites is 1. The molecule has 0 radical (unpaired) electrons. The Morgan fingerprint density at radius 2 is 1.48 bits per heavy atom. The summed E-state index contributed by atoms with van der Waals surface area (Å²) >= 11 is 0. The molecule has 144 valence electrons. The normalized spacial score (nSPS) is 19.1. The van der Waals surface area contributed by atoms with Crippen LogP contribution < -0.4 is 20.9 Å². The van der Waals surface area contributed by atoms with Gasteiger partial charge in [0.1, 0.15) is 12.6 Å². The largest absolute Gasteiger partial charge is 0.454 e. The van der Waals surface area contributed by atoms with Crippen LogP contribution >= 0.6 is 7.02 Å². The molecular weight excluding hydrogens is 400 g/mol. The van der Waals surface area contributed by atoms with E-state index in [2.05, 4.69) is 53.3 Å². The number of benzene rings is 4. The smallest absolute Gasteiger partial charge is 0.377 e. The molecule has 0 fully saturated rings. The maximum absolute atomic E-state index is 15.2. The van der Waals surface area contributed by atoms with Crippen LogP contribution in [-0.2, 0) is 4.57 Å². The molecule has 3 aliphatic heterocycles. The van der Waals surface area contributed by atoms with Gasteiger partial charge in [-0.25, -0.2) is 0 Å². The SMILES string of the molecule is O=P12B3c4ccccc4-c4oc5ccccc5c4N3c3cccc(c31)-c1ccccc12. The Morgan fingerprint density at radius 1 is 0.742 bits per heavy atom. The lowest BCUT2D eigenvalue weighted by Crippen LogP contribution is -2.47. The predicted molar refractivity (Wildman–Crippen MR) is 128 cm³/mol. The highest BCUT2D eigenvalue weighted by molar-refractivity contribution is 8.09. The van der Waals surface area contributed by atoms with E-state index in [-0.39, 0.29) is 6.57 Å². The summed E-state index contributed by atoms with van der Waals surface area (Å²) < 4.78 is 21.6. The van der Waals surface area contributed by atoms with E-state index in [0.29, 0.717) is 0 Å². The van der Waals surface area contributed by atoms with E-state index in [1.807, 2.05) is 42.5 Å². The second kappa shape index (κ2) is 5.22. The zero-order chi connectivity index (χ0) is 20.3. The van der Waals surface area contributed by atoms with Crippen molar-refractivity contribution in [2.24, 2.45) is 0 Å². The minimum Gasteiger partial charge on any atom is -0.454 e. The molecule has 3 aliphatic rings. The number of nitrogens with zero attached hydrogens (tertiary/aromatic N) is 1. The summed E-state index contributed by atoms with van der Waals surface area (Å²) in [6.07, 6.45) is 0. The molecule has 0 saturated heterocycles. The van der Waals surface area contributed by atoms with E-state index in [1.165, 1.54) is 0 Å². The molecule has 4 aromatic carbocycles. The average Bonchev–Trinajstić information content (AvgIpc) is 3.42. The number of hydrogen-bond donors (Lipinski definition) is 0. The fourth-order valence-electron chi connectivity index (χ4n) is 5.91. The van der Waals surface area contributed by atoms with Crippen molar-refractivity contribution in [1.82, 2.24) is 0 Å². The molecule has 0 amide bonds. The van der Waals surface area contributed by atoms with Crippen molar-refractivity contribution in [3.63, 3.8) is 0 Å². The van der Waals surface area contributed by atoms with Crippen LogP contribution in [0.4, 0.5) is 11.4 Å². The quantitative estimate of drug-likeness (QED) is 0.256. The van der Waals surface area contributed by atoms with Crippen molar-refractivity contribution in [3.05, 3.63) is 91.0 Å². The summed E-state index contributed by atoms with van der Waals surface area (Å²) in [5.74, 6) is 0.867. The maximum Gasteiger partial charge on any atom is 0.377 e. The van der Waals surface area contributed by atoms with Crippen LogP contribution in [0.25, 0.3) is 33.4 Å². The van der Waals surface area contributed by atoms with Crippen molar-refractivity contribution >= 4 is 52.0 Å². The van der Waals surface area contributed by atoms with Crippen molar-refractivity contribution in [1.29, 1.82) is 0 Å². The fourth-order valence-corrected chi connectivity index (χ4v) is 9.78. The Labute approximate surface area is 179 Å². The monoisotopic (exact) mass is 415 g/mol. The van der Waals surface area contributed by atoms with Crippen LogP contribution in [0.3, 0.4) is 0 Å². The zero-order valence-electron chi connectivity index (χ0n) is 16.4. The number of furan rings is 1. The third-order valence-corrected chi connectivity index (χ3v) is 10.5. The standard InChI is InChI=1S/C26H15BNO2P/c29-31-23-15-6-3-8-16(23)17-11-7-13-21(26(17)31)28-24-19-10-2-5-14-22(19)30-25(24)18-9-1-4-12-20(18)27(28)31/h1-15H. The molecule has 0 bridgehead atoms. The molecule has 0 N–H and O–H groups in total. The molecule has 5 heteroatoms. The number of rotatable bonds is 0. The molecule has 0 saturated carbocycles. The Balaban J connectivity index is 1.59. The molecular formula is C26H15BNO2P. The summed E-state index contributed by atoms with van der Waals surface area (Å²) in [5.41, 5.74) is 7.29. The highest BCUT2D eigenvalue weighted by Gasteiger charge is 2.61. The first-order valence-corrected chi connectivity index (χ1v) is 12.3. The van der Waals surface area contributed by atoms with Gasteiger partial charge in [0, 0.05) is 27.2 Å². The van der Waals surface area contributed by atoms with Gasteiger partial charge in [0.05, 0.1) is 5.69 Å². The van der Waals surface area contributed by atoms with Gasteiger partial charge in [0.2, 0.25) is 0 Å². The minimum absolute atomic E-state index is 0.253. The summed E-state index contributed by atoms with van der Waals surface area (Å²) in [5, 5.41) is 3.06. The first kappa shape index (κ1) is 16.2. The lowest BCUT2D eigenvalue weighted by atomic mass is 9.70. The highest BCUT2D eigenvalue weighted by Crippen LogP contribution is 2.66. The number of hydrogen-bond acceptors (Lipinski definition) is 3. The van der Waals surface area contributed by atoms with Crippen LogP contribution in [0.5, 0.6) is 0 Å². The fraction of sp³-hybridized carbons (Fsp3) is 0. The van der Waals surface area contributed by atoms with E-state index in [0.717, 1.165) is 60.9 Å². The van der Waals surface area contributed by atoms with Crippen LogP contribution in [0.1, 0.15) is 0 Å². The van der Waals surface area contributed by atoms with Gasteiger partial charge in [-0.3, -0.25) is 0 Å². The molecule has 1 unspecified atom stereocenters. The lowest BCUT2D eigenvalue weighted by Gasteiger charge is -2.33. The summed E-state index contributed by atoms with van der Waals surface area (Å²) in [4.78, 5) is 2.30. The van der Waals surface area contributed by atoms with Gasteiger partial charge in [0.25, 0.3) is 0 Å². The van der Waals surface area contributed by atoms with E-state index in [1.54, 1.807) is 0 Å². The first-order chi connectivity index (χ1) is 15.3. The predicted octanol–water partition coefficient (Wildman–Crippen LogP) is 5.25. The van der Waals surface area contributed by atoms with Crippen LogP contribution in [0, 0.1) is 0 Å². The van der Waals surface area contributed by atoms with Crippen molar-refractivity contribution in [2.45, 2.75) is 0 Å². The van der Waals surface area contributed by atoms with Crippen molar-refractivity contribution in [2.75, 3.05) is 4.81 Å². The van der Waals surface area contributed by atoms with Crippen LogP contribution in [-0.4, -0.2) is 6.57 Å². The molecule has 3 nitrogen and oxygen atoms in total. The van der Waals surface area contributed by atoms with Gasteiger partial charge >= 0.3 is 6.57 Å². The number of fused-ring (bicyclic) bond motifs is 13. The van der Waals surface area contributed by atoms with Gasteiger partial charge in [-0.2, -0.15) is 0 Å². The van der Waals surface area contributed by atoms with Gasteiger partial charge in [-0.15, -0.1) is 0 Å². The van der Waals surface area contributed by atoms with E-state index in [4.69, 9.17) is 4.42 Å². The molecule has 0 aliphatic carbocycles. The average molecular weight is 415 g/mol. The maximum atomic E-state index is 15.2. The van der Waals surface area contributed by atoms with E-state index >= 15 is 4.57 Å². The van der Waals surface area contributed by atoms with Crippen LogP contribution in [0.2, 0.25) is 0 Å². The third-order valence-electron chi connectivity index (χ3n) is 7.04. The van der Waals surface area contributed by atoms with E-state index < -0.39 is 7.02 Å². The van der Waals surface area contributed by atoms with Crippen molar-refractivity contribution in [3.8, 4) is 22.5 Å². The first-order valence-electron chi connectivity index (χ1n) is 10.5. The molecule has 0 spiro atoms. The van der Waals surface area contributed by atoms with Gasteiger partial charge < -0.3 is 13.8 Å². The summed E-state index contributed by atoms with van der Waals surface area (Å²) in [7, 11) is -2.93. The Bertz CT molecular complexity index is 1650. The second-order valence-corrected chi connectivity index (χ2v) is 11.2. The summed E-state index contributed by atoms with van der Waals surface area (Å²) in [6.45, 7) is -0.253. The molecule has 1 atom stereocenters. The minimum atomic E-state index is -2.93. The Kier molecular flexibility index (Phi) is 2.73. The highest BCUT2D eigenvalue weighted by atomic mass is 31.2. The van der Waals surface area contributed by atoms with Gasteiger partial charge in [-0.1, -0.05) is 72.8 Å². The third kappa shape index (κ3) is 1.68. The number of anilines is 2. The molecule has 5 aromatic rings.